The smallest absolute Gasteiger partial charge is 0.115 e. The van der Waals surface area contributed by atoms with Crippen LogP contribution in [0.25, 0.3) is 0 Å². The van der Waals surface area contributed by atoms with Crippen LogP contribution in [0.3, 0.4) is 0 Å². The zero-order valence-electron chi connectivity index (χ0n) is 12.8. The van der Waals surface area contributed by atoms with Crippen molar-refractivity contribution in [2.45, 2.75) is 51.6 Å². The van der Waals surface area contributed by atoms with Gasteiger partial charge in [0.05, 0.1) is 0 Å². The quantitative estimate of drug-likeness (QED) is 0.868. The minimum atomic E-state index is 0.157. The third kappa shape index (κ3) is 3.33. The first-order chi connectivity index (χ1) is 9.59. The van der Waals surface area contributed by atoms with Gasteiger partial charge in [0.2, 0.25) is 0 Å². The lowest BCUT2D eigenvalue weighted by Gasteiger charge is -2.47. The summed E-state index contributed by atoms with van der Waals surface area (Å²) in [6.45, 7) is 7.24. The van der Waals surface area contributed by atoms with Gasteiger partial charge < -0.3 is 10.8 Å². The third-order valence-electron chi connectivity index (χ3n) is 4.81. The summed E-state index contributed by atoms with van der Waals surface area (Å²) in [5.41, 5.74) is 7.58. The highest BCUT2D eigenvalue weighted by Crippen LogP contribution is 2.37. The summed E-state index contributed by atoms with van der Waals surface area (Å²) in [5.74, 6) is 1.10. The fraction of sp³-hybridized carbons (Fsp3) is 0.647. The van der Waals surface area contributed by atoms with Crippen LogP contribution in [0.5, 0.6) is 5.75 Å². The molecular formula is C17H28N2O. The molecule has 2 unspecified atom stereocenters. The van der Waals surface area contributed by atoms with Gasteiger partial charge in [0.15, 0.2) is 0 Å². The Morgan fingerprint density at radius 2 is 2.05 bits per heavy atom. The highest BCUT2D eigenvalue weighted by atomic mass is 16.3. The van der Waals surface area contributed by atoms with Gasteiger partial charge in [-0.1, -0.05) is 38.8 Å². The van der Waals surface area contributed by atoms with Crippen molar-refractivity contribution in [3.8, 4) is 5.75 Å². The molecule has 2 rings (SSSR count). The van der Waals surface area contributed by atoms with Crippen LogP contribution in [0.1, 0.15) is 45.1 Å². The van der Waals surface area contributed by atoms with Gasteiger partial charge in [-0.05, 0) is 43.0 Å². The molecule has 3 nitrogen and oxygen atoms in total. The number of rotatable bonds is 5. The second-order valence-electron chi connectivity index (χ2n) is 6.31. The van der Waals surface area contributed by atoms with Crippen molar-refractivity contribution in [1.29, 1.82) is 0 Å². The summed E-state index contributed by atoms with van der Waals surface area (Å²) in [5, 5.41) is 9.39. The van der Waals surface area contributed by atoms with E-state index in [9.17, 15) is 5.11 Å². The summed E-state index contributed by atoms with van der Waals surface area (Å²) in [6, 6.07) is 7.55. The second-order valence-corrected chi connectivity index (χ2v) is 6.31. The molecule has 1 aromatic carbocycles. The van der Waals surface area contributed by atoms with Crippen LogP contribution >= 0.6 is 0 Å². The minimum absolute atomic E-state index is 0.157. The summed E-state index contributed by atoms with van der Waals surface area (Å²) in [4.78, 5) is 2.54. The molecule has 112 valence electrons. The van der Waals surface area contributed by atoms with Gasteiger partial charge in [-0.2, -0.15) is 0 Å². The first-order valence-electron chi connectivity index (χ1n) is 7.82. The molecule has 2 atom stereocenters. The maximum atomic E-state index is 9.39. The van der Waals surface area contributed by atoms with Crippen molar-refractivity contribution in [2.24, 2.45) is 11.7 Å². The van der Waals surface area contributed by atoms with E-state index in [1.807, 2.05) is 12.1 Å². The fourth-order valence-electron chi connectivity index (χ4n) is 3.67. The van der Waals surface area contributed by atoms with E-state index in [0.29, 0.717) is 5.75 Å². The van der Waals surface area contributed by atoms with E-state index in [1.54, 1.807) is 12.1 Å². The number of phenols is 1. The first-order valence-corrected chi connectivity index (χ1v) is 7.82. The van der Waals surface area contributed by atoms with Gasteiger partial charge >= 0.3 is 0 Å². The van der Waals surface area contributed by atoms with Crippen molar-refractivity contribution in [2.75, 3.05) is 13.1 Å². The van der Waals surface area contributed by atoms with Crippen LogP contribution < -0.4 is 5.73 Å². The van der Waals surface area contributed by atoms with Crippen LogP contribution in [0.15, 0.2) is 24.3 Å². The largest absolute Gasteiger partial charge is 0.508 e. The first kappa shape index (κ1) is 15.3. The predicted octanol–water partition coefficient (Wildman–Crippen LogP) is 3.12. The van der Waals surface area contributed by atoms with Crippen LogP contribution in [0.2, 0.25) is 0 Å². The molecule has 1 aromatic rings. The molecule has 0 aliphatic heterocycles. The Kier molecular flexibility index (Phi) is 5.06. The summed E-state index contributed by atoms with van der Waals surface area (Å²) in [6.07, 6.45) is 5.03. The molecule has 1 aliphatic carbocycles. The van der Waals surface area contributed by atoms with E-state index in [-0.39, 0.29) is 5.54 Å². The number of nitrogens with zero attached hydrogens (tertiary/aromatic N) is 1. The van der Waals surface area contributed by atoms with E-state index in [1.165, 1.54) is 31.2 Å². The highest BCUT2D eigenvalue weighted by Gasteiger charge is 2.38. The molecule has 1 saturated carbocycles. The molecule has 0 aromatic heterocycles. The minimum Gasteiger partial charge on any atom is -0.508 e. The number of benzene rings is 1. The normalized spacial score (nSPS) is 26.9. The summed E-state index contributed by atoms with van der Waals surface area (Å²) < 4.78 is 0. The lowest BCUT2D eigenvalue weighted by molar-refractivity contribution is 0.0367. The lowest BCUT2D eigenvalue weighted by Crippen LogP contribution is -2.55. The number of aromatic hydroxyl groups is 1. The van der Waals surface area contributed by atoms with E-state index >= 15 is 0 Å². The molecule has 20 heavy (non-hydrogen) atoms. The Morgan fingerprint density at radius 3 is 2.60 bits per heavy atom. The fourth-order valence-corrected chi connectivity index (χ4v) is 3.67. The van der Waals surface area contributed by atoms with E-state index < -0.39 is 0 Å². The van der Waals surface area contributed by atoms with Crippen LogP contribution in [-0.2, 0) is 6.54 Å². The second kappa shape index (κ2) is 6.59. The maximum Gasteiger partial charge on any atom is 0.115 e. The summed E-state index contributed by atoms with van der Waals surface area (Å²) >= 11 is 0. The van der Waals surface area contributed by atoms with Crippen molar-refractivity contribution >= 4 is 0 Å². The molecule has 3 heteroatoms. The van der Waals surface area contributed by atoms with Crippen molar-refractivity contribution < 1.29 is 5.11 Å². The molecule has 1 fully saturated rings. The zero-order valence-corrected chi connectivity index (χ0v) is 12.8. The molecule has 3 N–H and O–H groups in total. The van der Waals surface area contributed by atoms with Crippen LogP contribution in [-0.4, -0.2) is 28.6 Å². The molecule has 0 bridgehead atoms. The van der Waals surface area contributed by atoms with Crippen LogP contribution in [0.4, 0.5) is 0 Å². The Bertz CT molecular complexity index is 418. The van der Waals surface area contributed by atoms with Gasteiger partial charge in [-0.3, -0.25) is 4.90 Å². The molecular weight excluding hydrogens is 248 g/mol. The Labute approximate surface area is 122 Å². The van der Waals surface area contributed by atoms with Gasteiger partial charge in [0.25, 0.3) is 0 Å². The number of hydrogen-bond donors (Lipinski definition) is 2. The average molecular weight is 276 g/mol. The standard InChI is InChI=1S/C17H28N2O/c1-3-19(12-15-6-8-16(20)9-7-15)17(13-18)10-4-5-14(2)11-17/h6-9,14,20H,3-5,10-13,18H2,1-2H3. The summed E-state index contributed by atoms with van der Waals surface area (Å²) in [7, 11) is 0. The zero-order chi connectivity index (χ0) is 14.6. The molecule has 0 radical (unpaired) electrons. The van der Waals surface area contributed by atoms with E-state index in [4.69, 9.17) is 5.73 Å². The molecule has 0 saturated heterocycles. The monoisotopic (exact) mass is 276 g/mol. The SMILES string of the molecule is CCN(Cc1ccc(O)cc1)C1(CN)CCCC(C)C1. The Morgan fingerprint density at radius 1 is 1.35 bits per heavy atom. The lowest BCUT2D eigenvalue weighted by atomic mass is 9.75. The van der Waals surface area contributed by atoms with Gasteiger partial charge in [-0.25, -0.2) is 0 Å². The number of likely N-dealkylation sites (N-methyl/N-ethyl adjacent to an activating group) is 1. The highest BCUT2D eigenvalue weighted by molar-refractivity contribution is 5.26. The topological polar surface area (TPSA) is 49.5 Å². The molecule has 0 spiro atoms. The van der Waals surface area contributed by atoms with E-state index in [2.05, 4.69) is 18.7 Å². The molecule has 1 aliphatic rings. The third-order valence-corrected chi connectivity index (χ3v) is 4.81. The Hall–Kier alpha value is -1.06. The number of nitrogens with two attached hydrogens (primary N) is 1. The maximum absolute atomic E-state index is 9.39. The van der Waals surface area contributed by atoms with Gasteiger partial charge in [0.1, 0.15) is 5.75 Å². The predicted molar refractivity (Wildman–Crippen MR) is 83.6 cm³/mol. The number of phenolic OH excluding ortho intramolecular Hbond substituents is 1. The van der Waals surface area contributed by atoms with Crippen LogP contribution in [0, 0.1) is 5.92 Å². The van der Waals surface area contributed by atoms with E-state index in [0.717, 1.165) is 25.6 Å². The van der Waals surface area contributed by atoms with Crippen molar-refractivity contribution in [3.05, 3.63) is 29.8 Å². The van der Waals surface area contributed by atoms with Gasteiger partial charge in [-0.15, -0.1) is 0 Å². The number of hydrogen-bond acceptors (Lipinski definition) is 3. The molecule has 0 heterocycles. The average Bonchev–Trinajstić information content (AvgIpc) is 2.46. The van der Waals surface area contributed by atoms with Crippen molar-refractivity contribution in [3.63, 3.8) is 0 Å². The van der Waals surface area contributed by atoms with Crippen molar-refractivity contribution in [1.82, 2.24) is 4.90 Å². The Balaban J connectivity index is 2.14. The molecule has 0 amide bonds. The van der Waals surface area contributed by atoms with Gasteiger partial charge in [0, 0.05) is 18.6 Å².